The lowest BCUT2D eigenvalue weighted by Crippen LogP contribution is -2.24. The molecule has 37 heavy (non-hydrogen) atoms. The standard InChI is InChI=1S/C19H17FN4O.C5H4F3N3O/c1-2-3-4-6-24-7-5-14-8-16(17(20)9-15(14)19(24)25)18-22-11-13(10-21)12-23-18;6-5(7,8)3-2(9)1-10-11-4(3)12/h5,7-9,11-12H,2-4,6H2,1H3;1H,(H3,9,11,12). The number of unbranched alkanes of at least 4 members (excludes halogenated alkanes) is 2. The summed E-state index contributed by atoms with van der Waals surface area (Å²) in [6, 6.07) is 6.54. The molecule has 4 rings (SSSR count). The van der Waals surface area contributed by atoms with Crippen LogP contribution < -0.4 is 16.9 Å². The Morgan fingerprint density at radius 1 is 1.14 bits per heavy atom. The number of alkyl halides is 3. The van der Waals surface area contributed by atoms with Gasteiger partial charge in [0.2, 0.25) is 0 Å². The van der Waals surface area contributed by atoms with Gasteiger partial charge in [-0.25, -0.2) is 19.5 Å². The van der Waals surface area contributed by atoms with Crippen molar-refractivity contribution in [2.45, 2.75) is 38.9 Å². The van der Waals surface area contributed by atoms with Gasteiger partial charge in [-0.05, 0) is 30.0 Å². The average Bonchev–Trinajstić information content (AvgIpc) is 2.85. The van der Waals surface area contributed by atoms with Crippen molar-refractivity contribution >= 4 is 16.5 Å². The minimum absolute atomic E-state index is 0.186. The van der Waals surface area contributed by atoms with Gasteiger partial charge in [-0.1, -0.05) is 19.8 Å². The zero-order valence-corrected chi connectivity index (χ0v) is 19.5. The van der Waals surface area contributed by atoms with Gasteiger partial charge in [0.05, 0.1) is 28.4 Å². The number of pyridine rings is 1. The number of H-pyrrole nitrogens is 1. The summed E-state index contributed by atoms with van der Waals surface area (Å²) in [7, 11) is 0. The second kappa shape index (κ2) is 11.4. The van der Waals surface area contributed by atoms with Crippen LogP contribution in [-0.4, -0.2) is 24.7 Å². The highest BCUT2D eigenvalue weighted by Gasteiger charge is 2.36. The molecule has 9 nitrogen and oxygen atoms in total. The lowest BCUT2D eigenvalue weighted by Gasteiger charge is -2.09. The predicted molar refractivity (Wildman–Crippen MR) is 128 cm³/mol. The molecule has 0 aliphatic carbocycles. The van der Waals surface area contributed by atoms with E-state index in [0.29, 0.717) is 22.9 Å². The van der Waals surface area contributed by atoms with Crippen molar-refractivity contribution in [2.24, 2.45) is 0 Å². The highest BCUT2D eigenvalue weighted by atomic mass is 19.4. The van der Waals surface area contributed by atoms with Crippen molar-refractivity contribution < 1.29 is 17.6 Å². The number of anilines is 1. The molecule has 0 spiro atoms. The van der Waals surface area contributed by atoms with Crippen molar-refractivity contribution in [3.63, 3.8) is 0 Å². The molecule has 13 heteroatoms. The quantitative estimate of drug-likeness (QED) is 0.302. The van der Waals surface area contributed by atoms with Crippen LogP contribution in [0.5, 0.6) is 0 Å². The summed E-state index contributed by atoms with van der Waals surface area (Å²) in [6.45, 7) is 2.73. The van der Waals surface area contributed by atoms with Crippen LogP contribution in [0.4, 0.5) is 23.2 Å². The third-order valence-corrected chi connectivity index (χ3v) is 5.26. The van der Waals surface area contributed by atoms with Gasteiger partial charge in [0.1, 0.15) is 17.4 Å². The molecule has 3 heterocycles. The summed E-state index contributed by atoms with van der Waals surface area (Å²) < 4.78 is 52.1. The highest BCUT2D eigenvalue weighted by Crippen LogP contribution is 2.29. The number of aromatic nitrogens is 5. The van der Waals surface area contributed by atoms with Crippen LogP contribution in [-0.2, 0) is 12.7 Å². The average molecular weight is 515 g/mol. The molecule has 0 saturated heterocycles. The minimum atomic E-state index is -4.74. The lowest BCUT2D eigenvalue weighted by molar-refractivity contribution is -0.138. The fraction of sp³-hybridized carbons (Fsp3) is 0.250. The van der Waals surface area contributed by atoms with E-state index in [9.17, 15) is 27.2 Å². The van der Waals surface area contributed by atoms with Gasteiger partial charge in [0, 0.05) is 25.1 Å². The molecule has 0 aliphatic rings. The molecule has 0 radical (unpaired) electrons. The summed E-state index contributed by atoms with van der Waals surface area (Å²) in [5.74, 6) is -0.369. The Morgan fingerprint density at radius 2 is 1.84 bits per heavy atom. The Morgan fingerprint density at radius 3 is 2.41 bits per heavy atom. The number of hydrogen-bond donors (Lipinski definition) is 2. The lowest BCUT2D eigenvalue weighted by atomic mass is 10.1. The number of nitrogens with zero attached hydrogens (tertiary/aromatic N) is 5. The van der Waals surface area contributed by atoms with Gasteiger partial charge < -0.3 is 10.3 Å². The molecule has 0 fully saturated rings. The van der Waals surface area contributed by atoms with Gasteiger partial charge in [0.15, 0.2) is 5.82 Å². The second-order valence-corrected chi connectivity index (χ2v) is 7.88. The number of nitrogens with one attached hydrogen (secondary N) is 1. The molecule has 0 atom stereocenters. The second-order valence-electron chi connectivity index (χ2n) is 7.88. The number of nitrogen functional groups attached to an aromatic ring is 1. The van der Waals surface area contributed by atoms with Crippen molar-refractivity contribution in [1.82, 2.24) is 24.7 Å². The molecule has 1 aromatic carbocycles. The number of hydrogen-bond acceptors (Lipinski definition) is 7. The van der Waals surface area contributed by atoms with Gasteiger partial charge in [-0.15, -0.1) is 0 Å². The first-order valence-electron chi connectivity index (χ1n) is 11.0. The maximum atomic E-state index is 14.5. The third-order valence-electron chi connectivity index (χ3n) is 5.26. The predicted octanol–water partition coefficient (Wildman–Crippen LogP) is 4.03. The number of benzene rings is 1. The number of fused-ring (bicyclic) bond motifs is 1. The minimum Gasteiger partial charge on any atom is -0.397 e. The van der Waals surface area contributed by atoms with E-state index in [2.05, 4.69) is 22.0 Å². The summed E-state index contributed by atoms with van der Waals surface area (Å²) in [5, 5.41) is 14.5. The molecule has 192 valence electrons. The van der Waals surface area contributed by atoms with E-state index in [-0.39, 0.29) is 16.9 Å². The fourth-order valence-electron chi connectivity index (χ4n) is 3.41. The van der Waals surface area contributed by atoms with E-state index in [4.69, 9.17) is 11.0 Å². The smallest absolute Gasteiger partial charge is 0.397 e. The van der Waals surface area contributed by atoms with Gasteiger partial charge in [-0.3, -0.25) is 9.59 Å². The van der Waals surface area contributed by atoms with Crippen LogP contribution in [0, 0.1) is 17.1 Å². The fourth-order valence-corrected chi connectivity index (χ4v) is 3.41. The summed E-state index contributed by atoms with van der Waals surface area (Å²) in [6.07, 6.45) is 3.47. The van der Waals surface area contributed by atoms with E-state index in [1.54, 1.807) is 28.0 Å². The Hall–Kier alpha value is -4.60. The van der Waals surface area contributed by atoms with Crippen molar-refractivity contribution in [1.29, 1.82) is 5.26 Å². The van der Waals surface area contributed by atoms with Crippen LogP contribution in [0.1, 0.15) is 37.3 Å². The molecule has 0 aliphatic heterocycles. The summed E-state index contributed by atoms with van der Waals surface area (Å²) >= 11 is 0. The van der Waals surface area contributed by atoms with E-state index in [0.717, 1.165) is 25.5 Å². The van der Waals surface area contributed by atoms with E-state index in [1.165, 1.54) is 18.5 Å². The van der Waals surface area contributed by atoms with Crippen LogP contribution in [0.3, 0.4) is 0 Å². The largest absolute Gasteiger partial charge is 0.423 e. The SMILES string of the molecule is CCCCCn1ccc2cc(-c3ncc(C#N)cn3)c(F)cc2c1=O.Nc1cn[nH]c(=O)c1C(F)(F)F. The van der Waals surface area contributed by atoms with Crippen molar-refractivity contribution in [3.8, 4) is 17.5 Å². The van der Waals surface area contributed by atoms with Gasteiger partial charge in [-0.2, -0.15) is 23.5 Å². The number of aryl methyl sites for hydroxylation is 1. The normalized spacial score (nSPS) is 11.0. The van der Waals surface area contributed by atoms with Crippen LogP contribution in [0.25, 0.3) is 22.2 Å². The Bertz CT molecular complexity index is 1560. The molecule has 3 aromatic heterocycles. The third kappa shape index (κ3) is 6.35. The first-order chi connectivity index (χ1) is 17.6. The molecule has 4 aromatic rings. The molecular weight excluding hydrogens is 494 g/mol. The number of rotatable bonds is 5. The number of nitriles is 1. The Labute approximate surface area is 207 Å². The van der Waals surface area contributed by atoms with Gasteiger partial charge >= 0.3 is 6.18 Å². The molecular formula is C24H21F4N7O2. The molecule has 0 unspecified atom stereocenters. The monoisotopic (exact) mass is 515 g/mol. The molecule has 3 N–H and O–H groups in total. The van der Waals surface area contributed by atoms with E-state index < -0.39 is 28.8 Å². The van der Waals surface area contributed by atoms with Crippen LogP contribution in [0.15, 0.2) is 52.6 Å². The summed E-state index contributed by atoms with van der Waals surface area (Å²) in [5.41, 5.74) is 1.81. The van der Waals surface area contributed by atoms with Crippen LogP contribution in [0.2, 0.25) is 0 Å². The Balaban J connectivity index is 0.000000266. The number of nitrogens with two attached hydrogens (primary N) is 1. The van der Waals surface area contributed by atoms with Crippen LogP contribution >= 0.6 is 0 Å². The topological polar surface area (TPSA) is 143 Å². The first kappa shape index (κ1) is 27.0. The summed E-state index contributed by atoms with van der Waals surface area (Å²) in [4.78, 5) is 31.1. The maximum absolute atomic E-state index is 14.5. The van der Waals surface area contributed by atoms with Crippen molar-refractivity contribution in [3.05, 3.63) is 80.6 Å². The molecule has 0 saturated carbocycles. The van der Waals surface area contributed by atoms with Crippen molar-refractivity contribution in [2.75, 3.05) is 5.73 Å². The zero-order chi connectivity index (χ0) is 27.2. The number of aromatic amines is 1. The molecule has 0 amide bonds. The Kier molecular flexibility index (Phi) is 8.33. The number of halogens is 4. The molecule has 0 bridgehead atoms. The first-order valence-corrected chi connectivity index (χ1v) is 11.0. The zero-order valence-electron chi connectivity index (χ0n) is 19.5. The van der Waals surface area contributed by atoms with Gasteiger partial charge in [0.25, 0.3) is 11.1 Å². The maximum Gasteiger partial charge on any atom is 0.423 e. The highest BCUT2D eigenvalue weighted by molar-refractivity contribution is 5.86. The van der Waals surface area contributed by atoms with E-state index >= 15 is 0 Å². The van der Waals surface area contributed by atoms with E-state index in [1.807, 2.05) is 6.07 Å².